The van der Waals surface area contributed by atoms with Crippen LogP contribution < -0.4 is 0 Å². The Labute approximate surface area is 160 Å². The molecule has 1 heterocycles. The van der Waals surface area contributed by atoms with Crippen molar-refractivity contribution in [1.29, 1.82) is 0 Å². The van der Waals surface area contributed by atoms with Crippen molar-refractivity contribution in [3.05, 3.63) is 70.0 Å². The Morgan fingerprint density at radius 2 is 2.00 bits per heavy atom. The van der Waals surface area contributed by atoms with E-state index in [-0.39, 0.29) is 11.0 Å². The molecule has 0 saturated carbocycles. The number of halogens is 2. The first-order valence-corrected chi connectivity index (χ1v) is 9.22. The summed E-state index contributed by atoms with van der Waals surface area (Å²) >= 11 is 13.5. The van der Waals surface area contributed by atoms with Crippen molar-refractivity contribution < 1.29 is 4.79 Å². The number of thioether (sulfide) groups is 1. The predicted octanol–water partition coefficient (Wildman–Crippen LogP) is 5.25. The molecule has 4 nitrogen and oxygen atoms in total. The molecule has 25 heavy (non-hydrogen) atoms. The molecular formula is C18H15Cl2N3OS. The van der Waals surface area contributed by atoms with Gasteiger partial charge in [0.25, 0.3) is 0 Å². The lowest BCUT2D eigenvalue weighted by molar-refractivity contribution is 0.0994. The highest BCUT2D eigenvalue weighted by atomic mass is 35.5. The third-order valence-electron chi connectivity index (χ3n) is 3.71. The van der Waals surface area contributed by atoms with Crippen LogP contribution in [-0.2, 0) is 0 Å². The van der Waals surface area contributed by atoms with E-state index in [0.717, 1.165) is 11.3 Å². The number of hydrogen-bond donors (Lipinski definition) is 0. The summed E-state index contributed by atoms with van der Waals surface area (Å²) < 4.78 is 1.82. The van der Waals surface area contributed by atoms with Gasteiger partial charge >= 0.3 is 0 Å². The van der Waals surface area contributed by atoms with Crippen molar-refractivity contribution in [2.45, 2.75) is 24.3 Å². The zero-order chi connectivity index (χ0) is 18.0. The van der Waals surface area contributed by atoms with Crippen LogP contribution in [0.1, 0.15) is 22.8 Å². The number of ketones is 1. The number of benzene rings is 2. The summed E-state index contributed by atoms with van der Waals surface area (Å²) in [7, 11) is 0. The minimum Gasteiger partial charge on any atom is -0.293 e. The van der Waals surface area contributed by atoms with Crippen molar-refractivity contribution in [2.75, 3.05) is 0 Å². The molecule has 0 radical (unpaired) electrons. The Morgan fingerprint density at radius 1 is 1.20 bits per heavy atom. The lowest BCUT2D eigenvalue weighted by atomic mass is 10.1. The third kappa shape index (κ3) is 4.06. The molecule has 2 aromatic carbocycles. The summed E-state index contributed by atoms with van der Waals surface area (Å²) in [6.07, 6.45) is 1.61. The van der Waals surface area contributed by atoms with E-state index < -0.39 is 0 Å². The number of carbonyl (C=O) groups excluding carboxylic acids is 1. The van der Waals surface area contributed by atoms with E-state index in [9.17, 15) is 4.79 Å². The van der Waals surface area contributed by atoms with Gasteiger partial charge in [-0.05, 0) is 43.7 Å². The van der Waals surface area contributed by atoms with Crippen molar-refractivity contribution in [1.82, 2.24) is 14.8 Å². The van der Waals surface area contributed by atoms with Crippen LogP contribution in [0, 0.1) is 6.92 Å². The molecule has 128 valence electrons. The van der Waals surface area contributed by atoms with Gasteiger partial charge in [0.05, 0.1) is 10.9 Å². The zero-order valence-electron chi connectivity index (χ0n) is 13.6. The van der Waals surface area contributed by atoms with E-state index in [1.807, 2.05) is 36.6 Å². The molecule has 0 fully saturated rings. The summed E-state index contributed by atoms with van der Waals surface area (Å²) in [6.45, 7) is 3.79. The SMILES string of the molecule is Cc1ccc(-n2cnnc2SC(C)C(=O)c2cccc(Cl)c2)cc1Cl. The fraction of sp³-hybridized carbons (Fsp3) is 0.167. The maximum absolute atomic E-state index is 12.6. The zero-order valence-corrected chi connectivity index (χ0v) is 15.9. The Morgan fingerprint density at radius 3 is 2.72 bits per heavy atom. The smallest absolute Gasteiger partial charge is 0.196 e. The number of aromatic nitrogens is 3. The highest BCUT2D eigenvalue weighted by molar-refractivity contribution is 8.00. The molecule has 0 bridgehead atoms. The largest absolute Gasteiger partial charge is 0.293 e. The molecule has 0 spiro atoms. The number of aryl methyl sites for hydroxylation is 1. The van der Waals surface area contributed by atoms with Gasteiger partial charge < -0.3 is 0 Å². The third-order valence-corrected chi connectivity index (χ3v) is 5.41. The number of carbonyl (C=O) groups is 1. The van der Waals surface area contributed by atoms with E-state index >= 15 is 0 Å². The monoisotopic (exact) mass is 391 g/mol. The molecule has 7 heteroatoms. The van der Waals surface area contributed by atoms with E-state index in [0.29, 0.717) is 20.8 Å². The quantitative estimate of drug-likeness (QED) is 0.440. The summed E-state index contributed by atoms with van der Waals surface area (Å²) in [5.74, 6) is -0.0102. The van der Waals surface area contributed by atoms with Crippen LogP contribution in [0.3, 0.4) is 0 Å². The molecule has 0 N–H and O–H groups in total. The van der Waals surface area contributed by atoms with Crippen molar-refractivity contribution >= 4 is 40.7 Å². The lowest BCUT2D eigenvalue weighted by Gasteiger charge is -2.12. The summed E-state index contributed by atoms with van der Waals surface area (Å²) in [5, 5.41) is 9.61. The number of Topliss-reactive ketones (excluding diaryl/α,β-unsaturated/α-hetero) is 1. The molecule has 3 aromatic rings. The van der Waals surface area contributed by atoms with Gasteiger partial charge in [0.1, 0.15) is 6.33 Å². The second-order valence-electron chi connectivity index (χ2n) is 5.55. The number of nitrogens with zero attached hydrogens (tertiary/aromatic N) is 3. The highest BCUT2D eigenvalue weighted by Crippen LogP contribution is 2.28. The van der Waals surface area contributed by atoms with Crippen molar-refractivity contribution in [3.8, 4) is 5.69 Å². The van der Waals surface area contributed by atoms with E-state index in [2.05, 4.69) is 10.2 Å². The highest BCUT2D eigenvalue weighted by Gasteiger charge is 2.20. The van der Waals surface area contributed by atoms with Gasteiger partial charge in [0, 0.05) is 15.6 Å². The van der Waals surface area contributed by atoms with Gasteiger partial charge in [-0.1, -0.05) is 53.2 Å². The molecule has 1 aromatic heterocycles. The molecule has 1 atom stereocenters. The first-order chi connectivity index (χ1) is 12.0. The molecule has 3 rings (SSSR count). The van der Waals surface area contributed by atoms with Gasteiger partial charge in [-0.15, -0.1) is 10.2 Å². The maximum atomic E-state index is 12.6. The van der Waals surface area contributed by atoms with Gasteiger partial charge in [0.2, 0.25) is 0 Å². The Balaban J connectivity index is 1.83. The first-order valence-electron chi connectivity index (χ1n) is 7.58. The van der Waals surface area contributed by atoms with Crippen LogP contribution in [-0.4, -0.2) is 25.8 Å². The minimum absolute atomic E-state index is 0.0102. The van der Waals surface area contributed by atoms with Gasteiger partial charge in [-0.3, -0.25) is 9.36 Å². The fourth-order valence-corrected chi connectivity index (χ4v) is 3.59. The van der Waals surface area contributed by atoms with Crippen LogP contribution in [0.5, 0.6) is 0 Å². The fourth-order valence-electron chi connectivity index (χ4n) is 2.30. The first kappa shape index (κ1) is 18.0. The molecule has 0 aliphatic heterocycles. The molecule has 1 unspecified atom stereocenters. The van der Waals surface area contributed by atoms with E-state index in [4.69, 9.17) is 23.2 Å². The second kappa shape index (κ2) is 7.60. The van der Waals surface area contributed by atoms with Crippen molar-refractivity contribution in [3.63, 3.8) is 0 Å². The van der Waals surface area contributed by atoms with Crippen LogP contribution in [0.4, 0.5) is 0 Å². The Kier molecular flexibility index (Phi) is 5.47. The van der Waals surface area contributed by atoms with Crippen LogP contribution in [0.15, 0.2) is 53.9 Å². The standard InChI is InChI=1S/C18H15Cl2N3OS/c1-11-6-7-15(9-16(11)20)23-10-21-22-18(23)25-12(2)17(24)13-4-3-5-14(19)8-13/h3-10,12H,1-2H3. The molecule has 0 amide bonds. The lowest BCUT2D eigenvalue weighted by Crippen LogP contribution is -2.14. The van der Waals surface area contributed by atoms with Gasteiger partial charge in [0.15, 0.2) is 10.9 Å². The summed E-state index contributed by atoms with van der Waals surface area (Å²) in [6, 6.07) is 12.7. The summed E-state index contributed by atoms with van der Waals surface area (Å²) in [5.41, 5.74) is 2.43. The normalized spacial score (nSPS) is 12.2. The van der Waals surface area contributed by atoms with Crippen LogP contribution >= 0.6 is 35.0 Å². The second-order valence-corrected chi connectivity index (χ2v) is 7.70. The van der Waals surface area contributed by atoms with E-state index in [1.165, 1.54) is 11.8 Å². The minimum atomic E-state index is -0.331. The molecule has 0 aliphatic carbocycles. The van der Waals surface area contributed by atoms with E-state index in [1.54, 1.807) is 30.6 Å². The predicted molar refractivity (Wildman–Crippen MR) is 102 cm³/mol. The van der Waals surface area contributed by atoms with Crippen molar-refractivity contribution in [2.24, 2.45) is 0 Å². The Bertz CT molecular complexity index is 926. The van der Waals surface area contributed by atoms with Crippen LogP contribution in [0.2, 0.25) is 10.0 Å². The molecular weight excluding hydrogens is 377 g/mol. The number of hydrogen-bond acceptors (Lipinski definition) is 4. The topological polar surface area (TPSA) is 47.8 Å². The average Bonchev–Trinajstić information content (AvgIpc) is 3.04. The maximum Gasteiger partial charge on any atom is 0.196 e. The molecule has 0 aliphatic rings. The number of rotatable bonds is 5. The Hall–Kier alpha value is -1.82. The summed E-state index contributed by atoms with van der Waals surface area (Å²) in [4.78, 5) is 12.6. The average molecular weight is 392 g/mol. The molecule has 0 saturated heterocycles. The van der Waals surface area contributed by atoms with Gasteiger partial charge in [-0.25, -0.2) is 0 Å². The van der Waals surface area contributed by atoms with Gasteiger partial charge in [-0.2, -0.15) is 0 Å². The van der Waals surface area contributed by atoms with Crippen LogP contribution in [0.25, 0.3) is 5.69 Å².